The van der Waals surface area contributed by atoms with Gasteiger partial charge in [-0.15, -0.1) is 0 Å². The van der Waals surface area contributed by atoms with Crippen molar-refractivity contribution in [3.05, 3.63) is 71.9 Å². The van der Waals surface area contributed by atoms with Gasteiger partial charge < -0.3 is 14.6 Å². The molecule has 0 aliphatic heterocycles. The number of nitrogens with zero attached hydrogens (tertiary/aromatic N) is 3. The van der Waals surface area contributed by atoms with E-state index in [4.69, 9.17) is 14.6 Å². The predicted molar refractivity (Wildman–Crippen MR) is 128 cm³/mol. The Morgan fingerprint density at radius 2 is 1.66 bits per heavy atom. The van der Waals surface area contributed by atoms with Gasteiger partial charge in [0, 0.05) is 25.7 Å². The highest BCUT2D eigenvalue weighted by Crippen LogP contribution is 2.32. The normalized spacial score (nSPS) is 12.5. The van der Waals surface area contributed by atoms with Crippen LogP contribution in [-0.4, -0.2) is 51.7 Å². The second-order valence-corrected chi connectivity index (χ2v) is 8.08. The van der Waals surface area contributed by atoms with Gasteiger partial charge >= 0.3 is 0 Å². The van der Waals surface area contributed by atoms with E-state index in [9.17, 15) is 5.11 Å². The summed E-state index contributed by atoms with van der Waals surface area (Å²) in [6.07, 6.45) is 0.235. The number of para-hydroxylation sites is 2. The molecule has 6 heteroatoms. The highest BCUT2D eigenvalue weighted by molar-refractivity contribution is 5.43. The first kappa shape index (κ1) is 24.0. The summed E-state index contributed by atoms with van der Waals surface area (Å²) in [5, 5.41) is 15.4. The highest BCUT2D eigenvalue weighted by atomic mass is 16.5. The second kappa shape index (κ2) is 11.8. The van der Waals surface area contributed by atoms with E-state index in [1.165, 1.54) is 0 Å². The molecule has 172 valence electrons. The minimum absolute atomic E-state index is 0.237. The van der Waals surface area contributed by atoms with E-state index in [-0.39, 0.29) is 6.04 Å². The van der Waals surface area contributed by atoms with E-state index in [0.29, 0.717) is 32.2 Å². The number of rotatable bonds is 12. The van der Waals surface area contributed by atoms with E-state index in [2.05, 4.69) is 25.7 Å². The summed E-state index contributed by atoms with van der Waals surface area (Å²) in [5.41, 5.74) is 2.98. The van der Waals surface area contributed by atoms with Crippen molar-refractivity contribution in [1.29, 1.82) is 0 Å². The van der Waals surface area contributed by atoms with Crippen LogP contribution in [0.15, 0.2) is 60.7 Å². The molecule has 0 radical (unpaired) electrons. The Balaban J connectivity index is 1.99. The fraction of sp³-hybridized carbons (Fsp3) is 0.423. The van der Waals surface area contributed by atoms with Crippen LogP contribution in [-0.2, 0) is 17.7 Å². The lowest BCUT2D eigenvalue weighted by atomic mass is 10.1. The first-order chi connectivity index (χ1) is 15.5. The van der Waals surface area contributed by atoms with Crippen molar-refractivity contribution in [2.45, 2.75) is 52.8 Å². The minimum Gasteiger partial charge on any atom is -0.439 e. The minimum atomic E-state index is -0.551. The molecule has 1 atom stereocenters. The zero-order valence-corrected chi connectivity index (χ0v) is 19.6. The molecule has 0 aliphatic rings. The Morgan fingerprint density at radius 3 is 2.25 bits per heavy atom. The first-order valence-corrected chi connectivity index (χ1v) is 11.4. The fourth-order valence-electron chi connectivity index (χ4n) is 3.61. The molecule has 0 bridgehead atoms. The molecule has 0 saturated heterocycles. The number of ether oxygens (including phenoxy) is 2. The van der Waals surface area contributed by atoms with Gasteiger partial charge in [-0.2, -0.15) is 5.10 Å². The van der Waals surface area contributed by atoms with E-state index in [1.807, 2.05) is 72.3 Å². The smallest absolute Gasteiger partial charge is 0.227 e. The van der Waals surface area contributed by atoms with Crippen LogP contribution in [0.1, 0.15) is 39.0 Å². The van der Waals surface area contributed by atoms with Gasteiger partial charge in [0.05, 0.1) is 29.7 Å². The van der Waals surface area contributed by atoms with Crippen LogP contribution in [0.25, 0.3) is 5.69 Å². The van der Waals surface area contributed by atoms with Crippen LogP contribution in [0, 0.1) is 0 Å². The Hall–Kier alpha value is -2.67. The van der Waals surface area contributed by atoms with Crippen molar-refractivity contribution < 1.29 is 14.6 Å². The van der Waals surface area contributed by atoms with Crippen LogP contribution in [0.4, 0.5) is 0 Å². The molecular formula is C26H35N3O3. The van der Waals surface area contributed by atoms with Crippen LogP contribution in [0.2, 0.25) is 0 Å². The highest BCUT2D eigenvalue weighted by Gasteiger charge is 2.24. The lowest BCUT2D eigenvalue weighted by Crippen LogP contribution is -2.39. The number of benzene rings is 2. The Morgan fingerprint density at radius 1 is 1.00 bits per heavy atom. The van der Waals surface area contributed by atoms with E-state index >= 15 is 0 Å². The standard InChI is InChI=1S/C26H35N3O3/c1-5-25-24(18-28(20(3)4)17-22(30)19-31-6-2)26(32-23-15-11-8-12-16-23)29(27-25)21-13-9-7-10-14-21/h7-16,20,22,30H,5-6,17-19H2,1-4H3/t22-/m1/s1. The van der Waals surface area contributed by atoms with Crippen molar-refractivity contribution in [3.63, 3.8) is 0 Å². The first-order valence-electron chi connectivity index (χ1n) is 11.4. The third kappa shape index (κ3) is 6.19. The largest absolute Gasteiger partial charge is 0.439 e. The maximum absolute atomic E-state index is 10.5. The molecule has 2 aromatic carbocycles. The van der Waals surface area contributed by atoms with E-state index < -0.39 is 6.10 Å². The number of aryl methyl sites for hydroxylation is 1. The van der Waals surface area contributed by atoms with Crippen molar-refractivity contribution in [3.8, 4) is 17.3 Å². The van der Waals surface area contributed by atoms with Gasteiger partial charge in [-0.25, -0.2) is 4.68 Å². The lowest BCUT2D eigenvalue weighted by Gasteiger charge is -2.29. The molecular weight excluding hydrogens is 402 g/mol. The predicted octanol–water partition coefficient (Wildman–Crippen LogP) is 4.83. The van der Waals surface area contributed by atoms with Crippen LogP contribution < -0.4 is 4.74 Å². The molecule has 0 fully saturated rings. The van der Waals surface area contributed by atoms with Crippen LogP contribution in [0.5, 0.6) is 11.6 Å². The monoisotopic (exact) mass is 437 g/mol. The molecule has 1 N–H and O–H groups in total. The molecule has 3 aromatic rings. The quantitative estimate of drug-likeness (QED) is 0.440. The number of aliphatic hydroxyl groups excluding tert-OH is 1. The zero-order valence-electron chi connectivity index (χ0n) is 19.6. The molecule has 0 amide bonds. The second-order valence-electron chi connectivity index (χ2n) is 8.08. The number of aliphatic hydroxyl groups is 1. The molecule has 1 aromatic heterocycles. The zero-order chi connectivity index (χ0) is 22.9. The summed E-state index contributed by atoms with van der Waals surface area (Å²) >= 11 is 0. The number of hydrogen-bond donors (Lipinski definition) is 1. The van der Waals surface area contributed by atoms with Crippen molar-refractivity contribution in [1.82, 2.24) is 14.7 Å². The van der Waals surface area contributed by atoms with Crippen molar-refractivity contribution >= 4 is 0 Å². The van der Waals surface area contributed by atoms with Crippen LogP contribution >= 0.6 is 0 Å². The summed E-state index contributed by atoms with van der Waals surface area (Å²) in [4.78, 5) is 2.24. The Labute approximate surface area is 191 Å². The van der Waals surface area contributed by atoms with Gasteiger partial charge in [0.2, 0.25) is 5.88 Å². The molecule has 0 saturated carbocycles. The van der Waals surface area contributed by atoms with Gasteiger partial charge in [0.1, 0.15) is 5.75 Å². The van der Waals surface area contributed by atoms with Gasteiger partial charge in [-0.05, 0) is 51.5 Å². The van der Waals surface area contributed by atoms with Crippen molar-refractivity contribution in [2.75, 3.05) is 19.8 Å². The molecule has 3 rings (SSSR count). The summed E-state index contributed by atoms with van der Waals surface area (Å²) in [5.74, 6) is 1.48. The maximum Gasteiger partial charge on any atom is 0.227 e. The average Bonchev–Trinajstić information content (AvgIpc) is 3.15. The van der Waals surface area contributed by atoms with Gasteiger partial charge in [-0.1, -0.05) is 43.3 Å². The van der Waals surface area contributed by atoms with Crippen LogP contribution in [0.3, 0.4) is 0 Å². The van der Waals surface area contributed by atoms with Gasteiger partial charge in [-0.3, -0.25) is 4.90 Å². The van der Waals surface area contributed by atoms with Gasteiger partial charge in [0.15, 0.2) is 0 Å². The summed E-state index contributed by atoms with van der Waals surface area (Å²) in [6.45, 7) is 10.4. The van der Waals surface area contributed by atoms with E-state index in [0.717, 1.165) is 29.1 Å². The summed E-state index contributed by atoms with van der Waals surface area (Å²) in [6, 6.07) is 20.1. The molecule has 32 heavy (non-hydrogen) atoms. The third-order valence-electron chi connectivity index (χ3n) is 5.36. The Kier molecular flexibility index (Phi) is 8.85. The summed E-state index contributed by atoms with van der Waals surface area (Å²) in [7, 11) is 0. The fourth-order valence-corrected chi connectivity index (χ4v) is 3.61. The average molecular weight is 438 g/mol. The topological polar surface area (TPSA) is 59.8 Å². The third-order valence-corrected chi connectivity index (χ3v) is 5.36. The van der Waals surface area contributed by atoms with Crippen molar-refractivity contribution in [2.24, 2.45) is 0 Å². The number of aromatic nitrogens is 2. The Bertz CT molecular complexity index is 942. The molecule has 6 nitrogen and oxygen atoms in total. The maximum atomic E-state index is 10.5. The molecule has 0 spiro atoms. The number of hydrogen-bond acceptors (Lipinski definition) is 5. The molecule has 1 heterocycles. The SMILES string of the molecule is CCOC[C@H](O)CN(Cc1c(CC)nn(-c2ccccc2)c1Oc1ccccc1)C(C)C. The van der Waals surface area contributed by atoms with Gasteiger partial charge in [0.25, 0.3) is 0 Å². The lowest BCUT2D eigenvalue weighted by molar-refractivity contribution is 0.0131. The molecule has 0 unspecified atom stereocenters. The molecule has 0 aliphatic carbocycles. The van der Waals surface area contributed by atoms with E-state index in [1.54, 1.807) is 0 Å². The summed E-state index contributed by atoms with van der Waals surface area (Å²) < 4.78 is 13.7.